The largest absolute Gasteiger partial charge is 0.396 e. The number of anilines is 1. The highest BCUT2D eigenvalue weighted by Gasteiger charge is 2.23. The van der Waals surface area contributed by atoms with Gasteiger partial charge in [0.05, 0.1) is 11.9 Å². The SMILES string of the molecule is CCC(C)(CCO)Nc1cnn(CC(C)C)c(=O)c1Br. The quantitative estimate of drug-likeness (QED) is 0.797. The summed E-state index contributed by atoms with van der Waals surface area (Å²) in [6.45, 7) is 8.86. The van der Waals surface area contributed by atoms with Crippen LogP contribution in [0.15, 0.2) is 15.5 Å². The van der Waals surface area contributed by atoms with Crippen LogP contribution < -0.4 is 10.9 Å². The minimum Gasteiger partial charge on any atom is -0.396 e. The van der Waals surface area contributed by atoms with E-state index < -0.39 is 0 Å². The fourth-order valence-corrected chi connectivity index (χ4v) is 2.33. The predicted octanol–water partition coefficient (Wildman–Crippen LogP) is 2.62. The molecule has 0 fully saturated rings. The van der Waals surface area contributed by atoms with Crippen molar-refractivity contribution in [3.63, 3.8) is 0 Å². The number of nitrogens with one attached hydrogen (secondary N) is 1. The Kier molecular flexibility index (Phi) is 6.20. The lowest BCUT2D eigenvalue weighted by Crippen LogP contribution is -2.36. The average Bonchev–Trinajstić information content (AvgIpc) is 2.38. The maximum atomic E-state index is 12.2. The summed E-state index contributed by atoms with van der Waals surface area (Å²) in [6.07, 6.45) is 3.12. The van der Waals surface area contributed by atoms with Crippen LogP contribution in [0.25, 0.3) is 0 Å². The zero-order chi connectivity index (χ0) is 15.3. The molecule has 1 heterocycles. The van der Waals surface area contributed by atoms with Gasteiger partial charge in [-0.2, -0.15) is 5.10 Å². The van der Waals surface area contributed by atoms with Gasteiger partial charge in [0.15, 0.2) is 0 Å². The van der Waals surface area contributed by atoms with E-state index in [9.17, 15) is 4.79 Å². The Morgan fingerprint density at radius 2 is 2.20 bits per heavy atom. The molecule has 0 aliphatic rings. The molecule has 2 N–H and O–H groups in total. The van der Waals surface area contributed by atoms with Gasteiger partial charge in [0, 0.05) is 18.7 Å². The number of halogens is 1. The van der Waals surface area contributed by atoms with E-state index in [0.29, 0.717) is 29.0 Å². The summed E-state index contributed by atoms with van der Waals surface area (Å²) < 4.78 is 1.96. The van der Waals surface area contributed by atoms with Crippen LogP contribution in [0, 0.1) is 5.92 Å². The smallest absolute Gasteiger partial charge is 0.283 e. The van der Waals surface area contributed by atoms with Gasteiger partial charge in [0.2, 0.25) is 0 Å². The number of rotatable bonds is 7. The average molecular weight is 346 g/mol. The van der Waals surface area contributed by atoms with Gasteiger partial charge in [-0.1, -0.05) is 20.8 Å². The highest BCUT2D eigenvalue weighted by atomic mass is 79.9. The maximum absolute atomic E-state index is 12.2. The van der Waals surface area contributed by atoms with Crippen LogP contribution in [0.5, 0.6) is 0 Å². The van der Waals surface area contributed by atoms with Crippen molar-refractivity contribution >= 4 is 21.6 Å². The minimum absolute atomic E-state index is 0.104. The van der Waals surface area contributed by atoms with Crippen LogP contribution >= 0.6 is 15.9 Å². The second-order valence-electron chi connectivity index (χ2n) is 5.77. The Morgan fingerprint density at radius 3 is 2.70 bits per heavy atom. The van der Waals surface area contributed by atoms with Crippen LogP contribution in [-0.2, 0) is 6.54 Å². The van der Waals surface area contributed by atoms with Crippen LogP contribution in [0.1, 0.15) is 40.5 Å². The molecular weight excluding hydrogens is 322 g/mol. The third kappa shape index (κ3) is 4.31. The molecule has 0 amide bonds. The molecule has 0 bridgehead atoms. The van der Waals surface area contributed by atoms with Gasteiger partial charge < -0.3 is 10.4 Å². The topological polar surface area (TPSA) is 67.2 Å². The van der Waals surface area contributed by atoms with Gasteiger partial charge in [-0.3, -0.25) is 4.79 Å². The molecule has 0 spiro atoms. The van der Waals surface area contributed by atoms with E-state index in [1.165, 1.54) is 4.68 Å². The predicted molar refractivity (Wildman–Crippen MR) is 85.1 cm³/mol. The van der Waals surface area contributed by atoms with E-state index in [-0.39, 0.29) is 17.7 Å². The molecule has 20 heavy (non-hydrogen) atoms. The van der Waals surface area contributed by atoms with E-state index in [4.69, 9.17) is 5.11 Å². The van der Waals surface area contributed by atoms with Crippen molar-refractivity contribution in [1.82, 2.24) is 9.78 Å². The van der Waals surface area contributed by atoms with Gasteiger partial charge >= 0.3 is 0 Å². The van der Waals surface area contributed by atoms with Gasteiger partial charge in [0.25, 0.3) is 5.56 Å². The second kappa shape index (κ2) is 7.22. The van der Waals surface area contributed by atoms with Crippen molar-refractivity contribution in [2.24, 2.45) is 5.92 Å². The van der Waals surface area contributed by atoms with Crippen molar-refractivity contribution in [1.29, 1.82) is 0 Å². The zero-order valence-corrected chi connectivity index (χ0v) is 14.2. The van der Waals surface area contributed by atoms with E-state index >= 15 is 0 Å². The molecule has 5 nitrogen and oxygen atoms in total. The monoisotopic (exact) mass is 345 g/mol. The first-order valence-electron chi connectivity index (χ1n) is 6.97. The molecule has 1 unspecified atom stereocenters. The molecule has 0 aromatic carbocycles. The van der Waals surface area contributed by atoms with E-state index in [1.54, 1.807) is 6.20 Å². The van der Waals surface area contributed by atoms with Gasteiger partial charge in [-0.25, -0.2) is 4.68 Å². The molecule has 0 aliphatic heterocycles. The Labute approximate surface area is 128 Å². The number of hydrogen-bond acceptors (Lipinski definition) is 4. The number of hydrogen-bond donors (Lipinski definition) is 2. The molecule has 1 atom stereocenters. The number of nitrogens with zero attached hydrogens (tertiary/aromatic N) is 2. The summed E-state index contributed by atoms with van der Waals surface area (Å²) >= 11 is 3.36. The van der Waals surface area contributed by atoms with Crippen LogP contribution in [0.4, 0.5) is 5.69 Å². The van der Waals surface area contributed by atoms with E-state index in [0.717, 1.165) is 6.42 Å². The summed E-state index contributed by atoms with van der Waals surface area (Å²) in [7, 11) is 0. The van der Waals surface area contributed by atoms with E-state index in [1.807, 2.05) is 27.7 Å². The number of aliphatic hydroxyl groups excluding tert-OH is 1. The highest BCUT2D eigenvalue weighted by Crippen LogP contribution is 2.25. The molecule has 6 heteroatoms. The van der Waals surface area contributed by atoms with Crippen LogP contribution in [-0.4, -0.2) is 27.0 Å². The Morgan fingerprint density at radius 1 is 1.55 bits per heavy atom. The summed E-state index contributed by atoms with van der Waals surface area (Å²) in [5.41, 5.74) is 0.286. The first-order chi connectivity index (χ1) is 9.33. The van der Waals surface area contributed by atoms with Crippen LogP contribution in [0.2, 0.25) is 0 Å². The van der Waals surface area contributed by atoms with Crippen molar-refractivity contribution in [3.05, 3.63) is 21.0 Å². The summed E-state index contributed by atoms with van der Waals surface area (Å²) in [5.74, 6) is 0.362. The fourth-order valence-electron chi connectivity index (χ4n) is 1.93. The third-order valence-electron chi connectivity index (χ3n) is 3.40. The van der Waals surface area contributed by atoms with Gasteiger partial charge in [-0.15, -0.1) is 0 Å². The van der Waals surface area contributed by atoms with Gasteiger partial charge in [-0.05, 0) is 41.6 Å². The fraction of sp³-hybridized carbons (Fsp3) is 0.714. The minimum atomic E-state index is -0.254. The van der Waals surface area contributed by atoms with Crippen molar-refractivity contribution < 1.29 is 5.11 Å². The standard InChI is InChI=1S/C14H24BrN3O2/c1-5-14(4,6-7-19)17-11-8-16-18(9-10(2)3)13(20)12(11)15/h8,10,17,19H,5-7,9H2,1-4H3. The normalized spacial score (nSPS) is 14.3. The van der Waals surface area contributed by atoms with E-state index in [2.05, 4.69) is 26.3 Å². The number of aromatic nitrogens is 2. The lowest BCUT2D eigenvalue weighted by atomic mass is 9.95. The van der Waals surface area contributed by atoms with Gasteiger partial charge in [0.1, 0.15) is 4.47 Å². The zero-order valence-electron chi connectivity index (χ0n) is 12.6. The molecule has 0 saturated carbocycles. The Hall–Kier alpha value is -0.880. The first-order valence-corrected chi connectivity index (χ1v) is 7.77. The third-order valence-corrected chi connectivity index (χ3v) is 4.17. The molecule has 0 radical (unpaired) electrons. The first kappa shape index (κ1) is 17.2. The van der Waals surface area contributed by atoms with Crippen molar-refractivity contribution in [2.45, 2.75) is 52.6 Å². The number of aliphatic hydroxyl groups is 1. The van der Waals surface area contributed by atoms with Crippen molar-refractivity contribution in [2.75, 3.05) is 11.9 Å². The van der Waals surface area contributed by atoms with Crippen LogP contribution in [0.3, 0.4) is 0 Å². The lowest BCUT2D eigenvalue weighted by Gasteiger charge is -2.30. The molecule has 1 rings (SSSR count). The molecule has 114 valence electrons. The molecule has 0 aliphatic carbocycles. The maximum Gasteiger partial charge on any atom is 0.283 e. The molecule has 1 aromatic rings. The lowest BCUT2D eigenvalue weighted by molar-refractivity contribution is 0.252. The Balaban J connectivity index is 3.04. The second-order valence-corrected chi connectivity index (χ2v) is 6.56. The Bertz CT molecular complexity index is 502. The molecular formula is C14H24BrN3O2. The highest BCUT2D eigenvalue weighted by molar-refractivity contribution is 9.10. The van der Waals surface area contributed by atoms with Crippen molar-refractivity contribution in [3.8, 4) is 0 Å². The summed E-state index contributed by atoms with van der Waals surface area (Å²) in [5, 5.41) is 16.7. The summed E-state index contributed by atoms with van der Waals surface area (Å²) in [4.78, 5) is 12.2. The summed E-state index contributed by atoms with van der Waals surface area (Å²) in [6, 6.07) is 0. The molecule has 0 saturated heterocycles. The molecule has 1 aromatic heterocycles.